The SMILES string of the molecule is NCCn1cc(-c2nc3cc(Cl)ccc3o2)nn1. The van der Waals surface area contributed by atoms with Gasteiger partial charge in [0.1, 0.15) is 5.52 Å². The lowest BCUT2D eigenvalue weighted by Crippen LogP contribution is -2.10. The molecule has 0 aliphatic rings. The molecule has 1 aromatic carbocycles. The topological polar surface area (TPSA) is 82.8 Å². The number of oxazole rings is 1. The van der Waals surface area contributed by atoms with Gasteiger partial charge in [0.15, 0.2) is 11.3 Å². The summed E-state index contributed by atoms with van der Waals surface area (Å²) in [6, 6.07) is 5.27. The first-order valence-electron chi connectivity index (χ1n) is 5.43. The van der Waals surface area contributed by atoms with Crippen molar-refractivity contribution < 1.29 is 4.42 Å². The molecule has 0 atom stereocenters. The molecule has 0 aliphatic heterocycles. The monoisotopic (exact) mass is 263 g/mol. The van der Waals surface area contributed by atoms with E-state index in [1.165, 1.54) is 0 Å². The fourth-order valence-electron chi connectivity index (χ4n) is 1.65. The molecular formula is C11H10ClN5O. The van der Waals surface area contributed by atoms with E-state index in [1.807, 2.05) is 0 Å². The molecule has 0 aliphatic carbocycles. The number of aromatic nitrogens is 4. The highest BCUT2D eigenvalue weighted by Gasteiger charge is 2.12. The number of fused-ring (bicyclic) bond motifs is 1. The Balaban J connectivity index is 2.02. The van der Waals surface area contributed by atoms with E-state index < -0.39 is 0 Å². The average Bonchev–Trinajstić information content (AvgIpc) is 2.94. The molecule has 0 amide bonds. The van der Waals surface area contributed by atoms with Gasteiger partial charge in [0.05, 0.1) is 12.7 Å². The van der Waals surface area contributed by atoms with Crippen LogP contribution in [-0.4, -0.2) is 26.5 Å². The van der Waals surface area contributed by atoms with Crippen molar-refractivity contribution in [2.45, 2.75) is 6.54 Å². The van der Waals surface area contributed by atoms with E-state index in [0.29, 0.717) is 40.8 Å². The minimum Gasteiger partial charge on any atom is -0.435 e. The third-order valence-electron chi connectivity index (χ3n) is 2.47. The van der Waals surface area contributed by atoms with Gasteiger partial charge in [-0.2, -0.15) is 0 Å². The Bertz CT molecular complexity index is 690. The zero-order chi connectivity index (χ0) is 12.5. The summed E-state index contributed by atoms with van der Waals surface area (Å²) in [6.07, 6.45) is 1.75. The smallest absolute Gasteiger partial charge is 0.249 e. The maximum absolute atomic E-state index is 5.89. The van der Waals surface area contributed by atoms with Crippen LogP contribution in [-0.2, 0) is 6.54 Å². The second-order valence-corrected chi connectivity index (χ2v) is 4.22. The quantitative estimate of drug-likeness (QED) is 0.778. The van der Waals surface area contributed by atoms with Crippen LogP contribution in [0.1, 0.15) is 0 Å². The van der Waals surface area contributed by atoms with Crippen molar-refractivity contribution in [3.63, 3.8) is 0 Å². The molecule has 7 heteroatoms. The zero-order valence-corrected chi connectivity index (χ0v) is 10.1. The summed E-state index contributed by atoms with van der Waals surface area (Å²) < 4.78 is 7.23. The molecule has 18 heavy (non-hydrogen) atoms. The van der Waals surface area contributed by atoms with Crippen molar-refractivity contribution in [3.05, 3.63) is 29.4 Å². The molecule has 3 aromatic rings. The second kappa shape index (κ2) is 4.40. The average molecular weight is 264 g/mol. The van der Waals surface area contributed by atoms with E-state index in [9.17, 15) is 0 Å². The van der Waals surface area contributed by atoms with Crippen LogP contribution >= 0.6 is 11.6 Å². The minimum atomic E-state index is 0.426. The van der Waals surface area contributed by atoms with Crippen molar-refractivity contribution in [3.8, 4) is 11.6 Å². The molecular weight excluding hydrogens is 254 g/mol. The van der Waals surface area contributed by atoms with Gasteiger partial charge in [-0.15, -0.1) is 5.10 Å². The number of benzene rings is 1. The van der Waals surface area contributed by atoms with Gasteiger partial charge in [0.2, 0.25) is 5.89 Å². The Morgan fingerprint density at radius 1 is 1.39 bits per heavy atom. The molecule has 0 fully saturated rings. The fourth-order valence-corrected chi connectivity index (χ4v) is 1.81. The van der Waals surface area contributed by atoms with Crippen LogP contribution in [0.4, 0.5) is 0 Å². The largest absolute Gasteiger partial charge is 0.435 e. The zero-order valence-electron chi connectivity index (χ0n) is 9.38. The van der Waals surface area contributed by atoms with Crippen LogP contribution in [0.25, 0.3) is 22.7 Å². The molecule has 0 unspecified atom stereocenters. The minimum absolute atomic E-state index is 0.426. The van der Waals surface area contributed by atoms with Crippen molar-refractivity contribution in [1.29, 1.82) is 0 Å². The number of nitrogens with zero attached hydrogens (tertiary/aromatic N) is 4. The van der Waals surface area contributed by atoms with Gasteiger partial charge in [-0.25, -0.2) is 4.98 Å². The lowest BCUT2D eigenvalue weighted by Gasteiger charge is -1.91. The third kappa shape index (κ3) is 1.96. The summed E-state index contributed by atoms with van der Waals surface area (Å²) in [6.45, 7) is 1.12. The normalized spacial score (nSPS) is 11.2. The van der Waals surface area contributed by atoms with Crippen molar-refractivity contribution in [2.24, 2.45) is 5.73 Å². The van der Waals surface area contributed by atoms with E-state index in [1.54, 1.807) is 29.1 Å². The van der Waals surface area contributed by atoms with Gasteiger partial charge >= 0.3 is 0 Å². The van der Waals surface area contributed by atoms with Gasteiger partial charge in [-0.1, -0.05) is 16.8 Å². The Labute approximate surface area is 107 Å². The van der Waals surface area contributed by atoms with E-state index in [2.05, 4.69) is 15.3 Å². The van der Waals surface area contributed by atoms with E-state index >= 15 is 0 Å². The molecule has 2 N–H and O–H groups in total. The Morgan fingerprint density at radius 2 is 2.28 bits per heavy atom. The van der Waals surface area contributed by atoms with Gasteiger partial charge in [0, 0.05) is 11.6 Å². The Morgan fingerprint density at radius 3 is 3.11 bits per heavy atom. The van der Waals surface area contributed by atoms with Crippen molar-refractivity contribution in [2.75, 3.05) is 6.54 Å². The highest BCUT2D eigenvalue weighted by Crippen LogP contribution is 2.24. The molecule has 6 nitrogen and oxygen atoms in total. The number of hydrogen-bond donors (Lipinski definition) is 1. The van der Waals surface area contributed by atoms with Crippen LogP contribution < -0.4 is 5.73 Å². The van der Waals surface area contributed by atoms with Gasteiger partial charge in [-0.3, -0.25) is 4.68 Å². The van der Waals surface area contributed by atoms with E-state index in [0.717, 1.165) is 0 Å². The molecule has 0 radical (unpaired) electrons. The number of nitrogens with two attached hydrogens (primary N) is 1. The molecule has 0 spiro atoms. The van der Waals surface area contributed by atoms with Crippen LogP contribution in [0, 0.1) is 0 Å². The highest BCUT2D eigenvalue weighted by atomic mass is 35.5. The molecule has 0 saturated heterocycles. The fraction of sp³-hybridized carbons (Fsp3) is 0.182. The lowest BCUT2D eigenvalue weighted by molar-refractivity contribution is 0.598. The number of halogens is 1. The highest BCUT2D eigenvalue weighted by molar-refractivity contribution is 6.31. The summed E-state index contributed by atoms with van der Waals surface area (Å²) in [5.74, 6) is 0.426. The first-order valence-corrected chi connectivity index (χ1v) is 5.81. The number of rotatable bonds is 3. The van der Waals surface area contributed by atoms with E-state index in [4.69, 9.17) is 21.8 Å². The summed E-state index contributed by atoms with van der Waals surface area (Å²) in [5.41, 5.74) is 7.39. The maximum Gasteiger partial charge on any atom is 0.249 e. The predicted octanol–water partition coefficient (Wildman–Crippen LogP) is 1.70. The summed E-state index contributed by atoms with van der Waals surface area (Å²) in [5, 5.41) is 8.54. The third-order valence-corrected chi connectivity index (χ3v) is 2.70. The molecule has 0 bridgehead atoms. The lowest BCUT2D eigenvalue weighted by atomic mass is 10.3. The van der Waals surface area contributed by atoms with Crippen molar-refractivity contribution >= 4 is 22.7 Å². The van der Waals surface area contributed by atoms with Gasteiger partial charge in [0.25, 0.3) is 0 Å². The van der Waals surface area contributed by atoms with Crippen LogP contribution in [0.2, 0.25) is 5.02 Å². The van der Waals surface area contributed by atoms with Crippen LogP contribution in [0.5, 0.6) is 0 Å². The second-order valence-electron chi connectivity index (χ2n) is 3.79. The molecule has 0 saturated carbocycles. The van der Waals surface area contributed by atoms with Crippen LogP contribution in [0.3, 0.4) is 0 Å². The molecule has 3 rings (SSSR count). The molecule has 92 valence electrons. The number of hydrogen-bond acceptors (Lipinski definition) is 5. The summed E-state index contributed by atoms with van der Waals surface area (Å²) in [7, 11) is 0. The maximum atomic E-state index is 5.89. The molecule has 2 heterocycles. The predicted molar refractivity (Wildman–Crippen MR) is 67.1 cm³/mol. The summed E-state index contributed by atoms with van der Waals surface area (Å²) >= 11 is 5.89. The van der Waals surface area contributed by atoms with E-state index in [-0.39, 0.29) is 0 Å². The van der Waals surface area contributed by atoms with Crippen molar-refractivity contribution in [1.82, 2.24) is 20.0 Å². The first kappa shape index (κ1) is 11.2. The standard InChI is InChI=1S/C11H10ClN5O/c12-7-1-2-10-8(5-7)14-11(18-10)9-6-17(4-3-13)16-15-9/h1-2,5-6H,3-4,13H2. The van der Waals surface area contributed by atoms with Gasteiger partial charge < -0.3 is 10.2 Å². The Hall–Kier alpha value is -1.92. The first-order chi connectivity index (χ1) is 8.76. The Kier molecular flexibility index (Phi) is 2.73. The summed E-state index contributed by atoms with van der Waals surface area (Å²) in [4.78, 5) is 4.32. The van der Waals surface area contributed by atoms with Gasteiger partial charge in [-0.05, 0) is 18.2 Å². The molecule has 2 aromatic heterocycles. The van der Waals surface area contributed by atoms with Crippen LogP contribution in [0.15, 0.2) is 28.8 Å².